The number of ether oxygens (including phenoxy) is 1. The van der Waals surface area contributed by atoms with Gasteiger partial charge >= 0.3 is 13.9 Å². The van der Waals surface area contributed by atoms with Crippen LogP contribution in [0.4, 0.5) is 4.79 Å². The molecule has 2 aromatic carbocycles. The summed E-state index contributed by atoms with van der Waals surface area (Å²) in [4.78, 5) is 30.3. The van der Waals surface area contributed by atoms with E-state index in [1.165, 1.54) is 24.3 Å². The number of hydrazine groups is 1. The van der Waals surface area contributed by atoms with Gasteiger partial charge < -0.3 is 9.26 Å². The molecule has 0 radical (unpaired) electrons. The summed E-state index contributed by atoms with van der Waals surface area (Å²) in [7, 11) is -4.64. The van der Waals surface area contributed by atoms with Crippen molar-refractivity contribution < 1.29 is 28.4 Å². The molecule has 0 fully saturated rings. The molecule has 31 heavy (non-hydrogen) atoms. The summed E-state index contributed by atoms with van der Waals surface area (Å²) in [5.41, 5.74) is 4.18. The van der Waals surface area contributed by atoms with E-state index >= 15 is 0 Å². The number of carbonyl (C=O) groups excluding carboxylic acids is 1. The molecule has 1 heterocycles. The average molecular weight is 442 g/mol. The molecule has 0 spiro atoms. The maximum absolute atomic E-state index is 12.7. The molecular weight excluding hydrogens is 423 g/mol. The maximum atomic E-state index is 12.7. The summed E-state index contributed by atoms with van der Waals surface area (Å²) in [5.74, 6) is 6.05. The molecule has 10 nitrogen and oxygen atoms in total. The fourth-order valence-electron chi connectivity index (χ4n) is 2.42. The van der Waals surface area contributed by atoms with E-state index in [9.17, 15) is 9.36 Å². The summed E-state index contributed by atoms with van der Waals surface area (Å²) in [6.07, 6.45) is -0.178. The van der Waals surface area contributed by atoms with Gasteiger partial charge in [0.2, 0.25) is 5.84 Å². The molecule has 2 aromatic rings. The fraction of sp³-hybridized carbons (Fsp3) is 0.150. The molecule has 1 amide bonds. The van der Waals surface area contributed by atoms with E-state index in [0.29, 0.717) is 17.8 Å². The molecule has 0 unspecified atom stereocenters. The minimum atomic E-state index is -4.64. The van der Waals surface area contributed by atoms with E-state index in [2.05, 4.69) is 32.0 Å². The number of rotatable bonds is 5. The lowest BCUT2D eigenvalue weighted by atomic mass is 10.2. The van der Waals surface area contributed by atoms with Crippen molar-refractivity contribution in [1.82, 2.24) is 10.4 Å². The van der Waals surface area contributed by atoms with Crippen molar-refractivity contribution in [3.63, 3.8) is 0 Å². The van der Waals surface area contributed by atoms with Gasteiger partial charge in [-0.05, 0) is 23.6 Å². The number of benzene rings is 2. The van der Waals surface area contributed by atoms with Gasteiger partial charge in [-0.15, -0.1) is 10.2 Å². The monoisotopic (exact) mass is 442 g/mol. The Kier molecular flexibility index (Phi) is 7.05. The number of hydrogen-bond donors (Lipinski definition) is 3. The Hall–Kier alpha value is -3.64. The van der Waals surface area contributed by atoms with Gasteiger partial charge in [-0.3, -0.25) is 15.2 Å². The van der Waals surface area contributed by atoms with Crippen molar-refractivity contribution in [2.24, 2.45) is 10.2 Å². The highest BCUT2D eigenvalue weighted by Gasteiger charge is 2.26. The Morgan fingerprint density at radius 3 is 2.48 bits per heavy atom. The molecule has 3 rings (SSSR count). The van der Waals surface area contributed by atoms with Gasteiger partial charge in [0.15, 0.2) is 5.84 Å². The molecule has 0 atom stereocenters. The van der Waals surface area contributed by atoms with Crippen LogP contribution in [0.3, 0.4) is 0 Å². The summed E-state index contributed by atoms with van der Waals surface area (Å²) >= 11 is 0. The maximum Gasteiger partial charge on any atom is 0.524 e. The van der Waals surface area contributed by atoms with Crippen LogP contribution < -0.4 is 9.95 Å². The third-order valence-corrected chi connectivity index (χ3v) is 4.24. The number of amides is 1. The summed E-state index contributed by atoms with van der Waals surface area (Å²) < 4.78 is 20.7. The Bertz CT molecular complexity index is 1100. The predicted molar refractivity (Wildman–Crippen MR) is 113 cm³/mol. The van der Waals surface area contributed by atoms with Crippen LogP contribution in [-0.2, 0) is 15.9 Å². The SMILES string of the molecule is CCC#CC1=NN=C(c2ccccc2)NN1C(=O)OCc1ccc(OP(=O)(O)O)cc1. The van der Waals surface area contributed by atoms with Crippen LogP contribution >= 0.6 is 7.82 Å². The largest absolute Gasteiger partial charge is 0.524 e. The lowest BCUT2D eigenvalue weighted by Gasteiger charge is -2.25. The predicted octanol–water partition coefficient (Wildman–Crippen LogP) is 2.79. The van der Waals surface area contributed by atoms with Crippen LogP contribution in [0.5, 0.6) is 5.75 Å². The first-order valence-electron chi connectivity index (χ1n) is 9.13. The lowest BCUT2D eigenvalue weighted by molar-refractivity contribution is 0.110. The highest BCUT2D eigenvalue weighted by molar-refractivity contribution is 7.46. The number of hydrogen-bond acceptors (Lipinski definition) is 7. The molecular formula is C20H19N4O6P. The zero-order chi connectivity index (χ0) is 22.3. The molecule has 0 saturated carbocycles. The molecule has 160 valence electrons. The number of nitrogens with one attached hydrogen (secondary N) is 1. The number of carbonyl (C=O) groups is 1. The van der Waals surface area contributed by atoms with Gasteiger partial charge in [0.05, 0.1) is 0 Å². The Labute approximate surface area is 178 Å². The van der Waals surface area contributed by atoms with E-state index in [1.807, 2.05) is 37.3 Å². The van der Waals surface area contributed by atoms with Crippen LogP contribution in [0.2, 0.25) is 0 Å². The minimum absolute atomic E-state index is 0.00548. The van der Waals surface area contributed by atoms with Crippen molar-refractivity contribution in [3.8, 4) is 17.6 Å². The number of phosphoric acid groups is 1. The molecule has 1 aliphatic rings. The van der Waals surface area contributed by atoms with Crippen molar-refractivity contribution in [3.05, 3.63) is 65.7 Å². The van der Waals surface area contributed by atoms with Crippen LogP contribution in [0.15, 0.2) is 64.8 Å². The zero-order valence-electron chi connectivity index (χ0n) is 16.4. The fourth-order valence-corrected chi connectivity index (χ4v) is 2.81. The van der Waals surface area contributed by atoms with E-state index in [4.69, 9.17) is 14.5 Å². The van der Waals surface area contributed by atoms with Crippen molar-refractivity contribution in [1.29, 1.82) is 0 Å². The number of amidine groups is 2. The van der Waals surface area contributed by atoms with Gasteiger partial charge in [-0.1, -0.05) is 55.3 Å². The molecule has 1 aliphatic heterocycles. The van der Waals surface area contributed by atoms with Gasteiger partial charge in [-0.25, -0.2) is 9.36 Å². The topological polar surface area (TPSA) is 133 Å². The molecule has 0 bridgehead atoms. The third kappa shape index (κ3) is 6.42. The molecule has 0 aliphatic carbocycles. The third-order valence-electron chi connectivity index (χ3n) is 3.79. The summed E-state index contributed by atoms with van der Waals surface area (Å²) in [5, 5.41) is 9.19. The molecule has 3 N–H and O–H groups in total. The second-order valence-corrected chi connectivity index (χ2v) is 7.28. The second kappa shape index (κ2) is 9.91. The van der Waals surface area contributed by atoms with Gasteiger partial charge in [-0.2, -0.15) is 5.01 Å². The van der Waals surface area contributed by atoms with Gasteiger partial charge in [0.25, 0.3) is 0 Å². The normalized spacial score (nSPS) is 13.2. The highest BCUT2D eigenvalue weighted by Crippen LogP contribution is 2.37. The van der Waals surface area contributed by atoms with Crippen molar-refractivity contribution in [2.75, 3.05) is 0 Å². The minimum Gasteiger partial charge on any atom is -0.443 e. The van der Waals surface area contributed by atoms with Crippen LogP contribution in [0.25, 0.3) is 0 Å². The first-order valence-corrected chi connectivity index (χ1v) is 10.7. The molecule has 0 aromatic heterocycles. The van der Waals surface area contributed by atoms with E-state index in [-0.39, 0.29) is 18.2 Å². The second-order valence-electron chi connectivity index (χ2n) is 6.12. The Morgan fingerprint density at radius 1 is 1.13 bits per heavy atom. The van der Waals surface area contributed by atoms with E-state index < -0.39 is 13.9 Å². The van der Waals surface area contributed by atoms with Gasteiger partial charge in [0, 0.05) is 12.0 Å². The lowest BCUT2D eigenvalue weighted by Crippen LogP contribution is -2.51. The molecule has 0 saturated heterocycles. The first kappa shape index (κ1) is 22.1. The standard InChI is InChI=1S/C20H19N4O6P/c1-2-3-9-18-21-22-19(16-7-5-4-6-8-16)23-24(18)20(25)29-14-15-10-12-17(13-11-15)30-31(26,27)28/h4-8,10-13H,2,14H2,1H3,(H,22,23)(H2,26,27,28). The van der Waals surface area contributed by atoms with Gasteiger partial charge in [0.1, 0.15) is 12.4 Å². The first-order chi connectivity index (χ1) is 14.9. The van der Waals surface area contributed by atoms with E-state index in [1.54, 1.807) is 0 Å². The zero-order valence-corrected chi connectivity index (χ0v) is 17.3. The van der Waals surface area contributed by atoms with Crippen LogP contribution in [-0.4, -0.2) is 32.6 Å². The summed E-state index contributed by atoms with van der Waals surface area (Å²) in [6, 6.07) is 14.9. The molecule has 11 heteroatoms. The van der Waals surface area contributed by atoms with Crippen LogP contribution in [0, 0.1) is 11.8 Å². The average Bonchev–Trinajstić information content (AvgIpc) is 2.76. The quantitative estimate of drug-likeness (QED) is 0.479. The van der Waals surface area contributed by atoms with Crippen molar-refractivity contribution in [2.45, 2.75) is 20.0 Å². The van der Waals surface area contributed by atoms with Crippen LogP contribution in [0.1, 0.15) is 24.5 Å². The Morgan fingerprint density at radius 2 is 1.84 bits per heavy atom. The summed E-state index contributed by atoms with van der Waals surface area (Å²) in [6.45, 7) is 1.77. The van der Waals surface area contributed by atoms with E-state index in [0.717, 1.165) is 10.6 Å². The van der Waals surface area contributed by atoms with Crippen molar-refractivity contribution >= 4 is 25.6 Å². The Balaban J connectivity index is 1.69. The smallest absolute Gasteiger partial charge is 0.443 e. The highest BCUT2D eigenvalue weighted by atomic mass is 31.2. The number of nitrogens with zero attached hydrogens (tertiary/aromatic N) is 3. The number of phosphoric ester groups is 1.